The Labute approximate surface area is 57.7 Å². The van der Waals surface area contributed by atoms with Crippen LogP contribution in [-0.2, 0) is 0 Å². The van der Waals surface area contributed by atoms with E-state index in [1.165, 1.54) is 0 Å². The molecule has 0 saturated heterocycles. The van der Waals surface area contributed by atoms with E-state index in [1.807, 2.05) is 13.1 Å². The zero-order valence-corrected chi connectivity index (χ0v) is 5.63. The Balaban J connectivity index is 2.83. The van der Waals surface area contributed by atoms with Crippen molar-refractivity contribution >= 4 is 11.5 Å². The van der Waals surface area contributed by atoms with Crippen molar-refractivity contribution in [3.63, 3.8) is 0 Å². The Kier molecular flexibility index (Phi) is 0.818. The molecule has 0 atom stereocenters. The van der Waals surface area contributed by atoms with Crippen LogP contribution in [0, 0.1) is 6.92 Å². The lowest BCUT2D eigenvalue weighted by Gasteiger charge is -1.80. The summed E-state index contributed by atoms with van der Waals surface area (Å²) in [5, 5.41) is 2.91. The topological polar surface area (TPSA) is 59.1 Å². The number of nitrogens with zero attached hydrogens (tertiary/aromatic N) is 2. The average Bonchev–Trinajstić information content (AvgIpc) is 2.21. The van der Waals surface area contributed by atoms with Crippen molar-refractivity contribution in [2.75, 3.05) is 5.73 Å². The summed E-state index contributed by atoms with van der Waals surface area (Å²) in [6.45, 7) is 1.94. The molecule has 0 aliphatic carbocycles. The third kappa shape index (κ3) is 0.586. The molecule has 0 aromatic carbocycles. The van der Waals surface area contributed by atoms with E-state index in [0.717, 1.165) is 11.3 Å². The number of rotatable bonds is 0. The van der Waals surface area contributed by atoms with Gasteiger partial charge in [-0.3, -0.25) is 5.10 Å². The van der Waals surface area contributed by atoms with Crippen LogP contribution in [0.2, 0.25) is 0 Å². The van der Waals surface area contributed by atoms with Crippen molar-refractivity contribution in [3.05, 3.63) is 18.0 Å². The highest BCUT2D eigenvalue weighted by molar-refractivity contribution is 5.48. The van der Waals surface area contributed by atoms with Crippen LogP contribution in [0.1, 0.15) is 5.69 Å². The maximum absolute atomic E-state index is 5.47. The molecule has 4 nitrogen and oxygen atoms in total. The molecule has 0 aliphatic rings. The fraction of sp³-hybridized carbons (Fsp3) is 0.167. The van der Waals surface area contributed by atoms with Crippen molar-refractivity contribution in [3.8, 4) is 0 Å². The van der Waals surface area contributed by atoms with Gasteiger partial charge in [-0.15, -0.1) is 0 Å². The molecule has 0 saturated carbocycles. The van der Waals surface area contributed by atoms with Crippen molar-refractivity contribution in [2.24, 2.45) is 0 Å². The number of fused-ring (bicyclic) bond motifs is 1. The van der Waals surface area contributed by atoms with E-state index in [-0.39, 0.29) is 0 Å². The summed E-state index contributed by atoms with van der Waals surface area (Å²) in [6.07, 6.45) is 1.89. The molecule has 4 heteroatoms. The van der Waals surface area contributed by atoms with E-state index >= 15 is 0 Å². The lowest BCUT2D eigenvalue weighted by atomic mass is 10.6. The molecule has 2 heterocycles. The SMILES string of the molecule is Cc1cn2[nH]c(N)cc2n1. The van der Waals surface area contributed by atoms with Crippen LogP contribution in [-0.4, -0.2) is 14.6 Å². The van der Waals surface area contributed by atoms with Gasteiger partial charge in [0, 0.05) is 6.07 Å². The van der Waals surface area contributed by atoms with Gasteiger partial charge < -0.3 is 5.73 Å². The third-order valence-corrected chi connectivity index (χ3v) is 1.39. The number of anilines is 1. The summed E-state index contributed by atoms with van der Waals surface area (Å²) in [4.78, 5) is 4.19. The van der Waals surface area contributed by atoms with Gasteiger partial charge in [0.25, 0.3) is 0 Å². The molecule has 2 aromatic rings. The van der Waals surface area contributed by atoms with Crippen LogP contribution in [0.25, 0.3) is 5.65 Å². The first-order valence-electron chi connectivity index (χ1n) is 3.06. The summed E-state index contributed by atoms with van der Waals surface area (Å²) in [5.41, 5.74) is 7.33. The van der Waals surface area contributed by atoms with Gasteiger partial charge >= 0.3 is 0 Å². The number of nitrogen functional groups attached to an aromatic ring is 1. The second-order valence-electron chi connectivity index (χ2n) is 2.32. The minimum atomic E-state index is 0.641. The zero-order valence-electron chi connectivity index (χ0n) is 5.63. The van der Waals surface area contributed by atoms with Gasteiger partial charge in [-0.25, -0.2) is 9.50 Å². The van der Waals surface area contributed by atoms with Gasteiger partial charge in [-0.2, -0.15) is 0 Å². The predicted molar refractivity (Wildman–Crippen MR) is 38.7 cm³/mol. The first-order chi connectivity index (χ1) is 4.75. The number of imidazole rings is 1. The van der Waals surface area contributed by atoms with Crippen molar-refractivity contribution in [1.29, 1.82) is 0 Å². The van der Waals surface area contributed by atoms with Gasteiger partial charge in [-0.1, -0.05) is 0 Å². The summed E-state index contributed by atoms with van der Waals surface area (Å²) < 4.78 is 1.80. The van der Waals surface area contributed by atoms with Crippen LogP contribution >= 0.6 is 0 Å². The Morgan fingerprint density at radius 3 is 3.20 bits per heavy atom. The minimum Gasteiger partial charge on any atom is -0.384 e. The summed E-state index contributed by atoms with van der Waals surface area (Å²) in [7, 11) is 0. The van der Waals surface area contributed by atoms with Crippen LogP contribution in [0.5, 0.6) is 0 Å². The number of nitrogens with one attached hydrogen (secondary N) is 1. The Bertz CT molecular complexity index is 294. The molecule has 2 rings (SSSR count). The maximum Gasteiger partial charge on any atom is 0.155 e. The Morgan fingerprint density at radius 1 is 1.70 bits per heavy atom. The van der Waals surface area contributed by atoms with Gasteiger partial charge in [0.1, 0.15) is 5.82 Å². The van der Waals surface area contributed by atoms with E-state index in [0.29, 0.717) is 5.82 Å². The molecule has 10 heavy (non-hydrogen) atoms. The van der Waals surface area contributed by atoms with E-state index in [4.69, 9.17) is 5.73 Å². The number of hydrogen-bond acceptors (Lipinski definition) is 2. The van der Waals surface area contributed by atoms with Crippen molar-refractivity contribution in [2.45, 2.75) is 6.92 Å². The highest BCUT2D eigenvalue weighted by Gasteiger charge is 1.98. The average molecular weight is 136 g/mol. The highest BCUT2D eigenvalue weighted by Crippen LogP contribution is 2.06. The summed E-state index contributed by atoms with van der Waals surface area (Å²) in [5.74, 6) is 0.641. The number of aryl methyl sites for hydroxylation is 1. The van der Waals surface area contributed by atoms with Gasteiger partial charge in [0.05, 0.1) is 11.9 Å². The van der Waals surface area contributed by atoms with Crippen LogP contribution in [0.15, 0.2) is 12.3 Å². The molecule has 0 aliphatic heterocycles. The van der Waals surface area contributed by atoms with E-state index in [9.17, 15) is 0 Å². The summed E-state index contributed by atoms with van der Waals surface area (Å²) in [6, 6.07) is 1.80. The molecular weight excluding hydrogens is 128 g/mol. The second-order valence-corrected chi connectivity index (χ2v) is 2.32. The van der Waals surface area contributed by atoms with E-state index in [2.05, 4.69) is 10.1 Å². The quantitative estimate of drug-likeness (QED) is 0.555. The molecule has 0 spiro atoms. The third-order valence-electron chi connectivity index (χ3n) is 1.39. The molecular formula is C6H8N4. The lowest BCUT2D eigenvalue weighted by Crippen LogP contribution is -1.85. The fourth-order valence-corrected chi connectivity index (χ4v) is 1.02. The fourth-order valence-electron chi connectivity index (χ4n) is 1.02. The molecule has 0 unspecified atom stereocenters. The predicted octanol–water partition coefficient (Wildman–Crippen LogP) is 0.553. The first-order valence-corrected chi connectivity index (χ1v) is 3.06. The molecule has 52 valence electrons. The van der Waals surface area contributed by atoms with Gasteiger partial charge in [0.2, 0.25) is 0 Å². The van der Waals surface area contributed by atoms with Crippen LogP contribution in [0.4, 0.5) is 5.82 Å². The number of H-pyrrole nitrogens is 1. The maximum atomic E-state index is 5.47. The first kappa shape index (κ1) is 5.34. The molecule has 3 N–H and O–H groups in total. The normalized spacial score (nSPS) is 10.9. The monoisotopic (exact) mass is 136 g/mol. The molecule has 0 radical (unpaired) electrons. The second kappa shape index (κ2) is 1.53. The van der Waals surface area contributed by atoms with E-state index < -0.39 is 0 Å². The van der Waals surface area contributed by atoms with Gasteiger partial charge in [0.15, 0.2) is 5.65 Å². The largest absolute Gasteiger partial charge is 0.384 e. The number of hydrogen-bond donors (Lipinski definition) is 2. The standard InChI is InChI=1S/C6H8N4/c1-4-3-10-6(8-4)2-5(7)9-10/h2-3,9H,7H2,1H3. The Morgan fingerprint density at radius 2 is 2.50 bits per heavy atom. The molecule has 2 aromatic heterocycles. The summed E-state index contributed by atoms with van der Waals surface area (Å²) >= 11 is 0. The molecule has 0 fully saturated rings. The number of aromatic nitrogens is 3. The van der Waals surface area contributed by atoms with E-state index in [1.54, 1.807) is 10.6 Å². The Hall–Kier alpha value is -1.45. The molecule has 0 bridgehead atoms. The van der Waals surface area contributed by atoms with Crippen molar-refractivity contribution in [1.82, 2.24) is 14.6 Å². The highest BCUT2D eigenvalue weighted by atomic mass is 15.3. The minimum absolute atomic E-state index is 0.641. The van der Waals surface area contributed by atoms with Crippen molar-refractivity contribution < 1.29 is 0 Å². The smallest absolute Gasteiger partial charge is 0.155 e. The molecule has 0 amide bonds. The lowest BCUT2D eigenvalue weighted by molar-refractivity contribution is 0.978. The van der Waals surface area contributed by atoms with Crippen LogP contribution in [0.3, 0.4) is 0 Å². The zero-order chi connectivity index (χ0) is 7.14. The van der Waals surface area contributed by atoms with Gasteiger partial charge in [-0.05, 0) is 6.92 Å². The van der Waals surface area contributed by atoms with Crippen LogP contribution < -0.4 is 5.73 Å². The number of nitrogens with two attached hydrogens (primary N) is 1. The number of aromatic amines is 1.